The molecule has 1 aliphatic carbocycles. The van der Waals surface area contributed by atoms with Crippen molar-refractivity contribution >= 4 is 16.9 Å². The van der Waals surface area contributed by atoms with Gasteiger partial charge in [-0.05, 0) is 30.9 Å². The van der Waals surface area contributed by atoms with E-state index in [2.05, 4.69) is 5.18 Å². The van der Waals surface area contributed by atoms with Crippen LogP contribution in [0.4, 0.5) is 0 Å². The SMILES string of the molecule is O=NC(CCC(=O)O)c1ccc2c3c(oc2c1)CCC3. The van der Waals surface area contributed by atoms with Crippen LogP contribution in [0, 0.1) is 4.91 Å². The third-order valence-corrected chi connectivity index (χ3v) is 3.87. The van der Waals surface area contributed by atoms with Crippen LogP contribution in [0.25, 0.3) is 11.0 Å². The van der Waals surface area contributed by atoms with Gasteiger partial charge in [0.15, 0.2) is 0 Å². The van der Waals surface area contributed by atoms with Gasteiger partial charge in [-0.2, -0.15) is 4.91 Å². The first-order chi connectivity index (χ1) is 9.69. The van der Waals surface area contributed by atoms with Crippen molar-refractivity contribution in [1.82, 2.24) is 0 Å². The van der Waals surface area contributed by atoms with E-state index in [0.29, 0.717) is 0 Å². The molecule has 1 aromatic heterocycles. The summed E-state index contributed by atoms with van der Waals surface area (Å²) in [7, 11) is 0. The Morgan fingerprint density at radius 1 is 1.40 bits per heavy atom. The average molecular weight is 273 g/mol. The Kier molecular flexibility index (Phi) is 3.26. The van der Waals surface area contributed by atoms with Gasteiger partial charge in [0, 0.05) is 23.8 Å². The van der Waals surface area contributed by atoms with Gasteiger partial charge >= 0.3 is 5.97 Å². The van der Waals surface area contributed by atoms with Crippen LogP contribution in [0.15, 0.2) is 27.8 Å². The van der Waals surface area contributed by atoms with Gasteiger partial charge in [0.25, 0.3) is 0 Å². The van der Waals surface area contributed by atoms with Crippen molar-refractivity contribution in [3.63, 3.8) is 0 Å². The minimum atomic E-state index is -0.920. The lowest BCUT2D eigenvalue weighted by molar-refractivity contribution is -0.137. The number of nitroso groups, excluding NO2 is 1. The van der Waals surface area contributed by atoms with E-state index in [0.717, 1.165) is 41.6 Å². The molecule has 104 valence electrons. The van der Waals surface area contributed by atoms with Gasteiger partial charge in [0.2, 0.25) is 0 Å². The fourth-order valence-electron chi connectivity index (χ4n) is 2.87. The third-order valence-electron chi connectivity index (χ3n) is 3.87. The lowest BCUT2D eigenvalue weighted by Crippen LogP contribution is -2.00. The van der Waals surface area contributed by atoms with E-state index in [4.69, 9.17) is 9.52 Å². The summed E-state index contributed by atoms with van der Waals surface area (Å²) >= 11 is 0. The van der Waals surface area contributed by atoms with Crippen molar-refractivity contribution in [2.45, 2.75) is 38.1 Å². The number of aryl methyl sites for hydroxylation is 2. The summed E-state index contributed by atoms with van der Waals surface area (Å²) in [6.07, 6.45) is 3.28. The zero-order valence-corrected chi connectivity index (χ0v) is 11.0. The van der Waals surface area contributed by atoms with Crippen molar-refractivity contribution in [2.75, 3.05) is 0 Å². The van der Waals surface area contributed by atoms with Crippen LogP contribution < -0.4 is 0 Å². The molecule has 1 N–H and O–H groups in total. The molecule has 2 aromatic rings. The van der Waals surface area contributed by atoms with Crippen LogP contribution in [-0.2, 0) is 17.6 Å². The number of carbonyl (C=O) groups is 1. The van der Waals surface area contributed by atoms with Gasteiger partial charge < -0.3 is 9.52 Å². The molecule has 5 heteroatoms. The number of furan rings is 1. The molecular weight excluding hydrogens is 258 g/mol. The number of benzene rings is 1. The number of carboxylic acid groups (broad SMARTS) is 1. The van der Waals surface area contributed by atoms with Crippen molar-refractivity contribution in [3.05, 3.63) is 40.0 Å². The third kappa shape index (κ3) is 2.19. The zero-order valence-electron chi connectivity index (χ0n) is 11.0. The molecule has 0 fully saturated rings. The van der Waals surface area contributed by atoms with Crippen molar-refractivity contribution in [1.29, 1.82) is 0 Å². The molecule has 3 rings (SSSR count). The molecule has 0 bridgehead atoms. The van der Waals surface area contributed by atoms with Crippen LogP contribution in [0.1, 0.15) is 42.2 Å². The standard InChI is InChI=1S/C15H15NO4/c17-15(18)7-6-12(16-19)9-4-5-11-10-2-1-3-13(10)20-14(11)8-9/h4-5,8,12H,1-3,6-7H2,(H,17,18). The first kappa shape index (κ1) is 12.8. The van der Waals surface area contributed by atoms with E-state index in [1.165, 1.54) is 5.56 Å². The minimum Gasteiger partial charge on any atom is -0.481 e. The molecular formula is C15H15NO4. The van der Waals surface area contributed by atoms with Crippen LogP contribution in [-0.4, -0.2) is 11.1 Å². The molecule has 1 atom stereocenters. The molecule has 1 aliphatic rings. The van der Waals surface area contributed by atoms with E-state index in [1.54, 1.807) is 0 Å². The van der Waals surface area contributed by atoms with Crippen LogP contribution >= 0.6 is 0 Å². The topological polar surface area (TPSA) is 79.9 Å². The monoisotopic (exact) mass is 273 g/mol. The summed E-state index contributed by atoms with van der Waals surface area (Å²) in [5.41, 5.74) is 2.77. The minimum absolute atomic E-state index is 0.0664. The fourth-order valence-corrected chi connectivity index (χ4v) is 2.87. The van der Waals surface area contributed by atoms with Crippen molar-refractivity contribution < 1.29 is 14.3 Å². The molecule has 20 heavy (non-hydrogen) atoms. The maximum Gasteiger partial charge on any atom is 0.303 e. The van der Waals surface area contributed by atoms with Crippen LogP contribution in [0.5, 0.6) is 0 Å². The smallest absolute Gasteiger partial charge is 0.303 e. The molecule has 0 radical (unpaired) electrons. The number of fused-ring (bicyclic) bond motifs is 3. The molecule has 0 saturated heterocycles. The van der Waals surface area contributed by atoms with Crippen molar-refractivity contribution in [3.8, 4) is 0 Å². The Morgan fingerprint density at radius 2 is 2.25 bits per heavy atom. The Labute approximate surface area is 115 Å². The lowest BCUT2D eigenvalue weighted by Gasteiger charge is -2.07. The summed E-state index contributed by atoms with van der Waals surface area (Å²) in [5, 5.41) is 12.8. The second-order valence-electron chi connectivity index (χ2n) is 5.17. The first-order valence-electron chi connectivity index (χ1n) is 6.77. The molecule has 1 heterocycles. The van der Waals surface area contributed by atoms with Gasteiger partial charge in [0.05, 0.1) is 0 Å². The normalized spacial score (nSPS) is 15.2. The largest absolute Gasteiger partial charge is 0.481 e. The van der Waals surface area contributed by atoms with Gasteiger partial charge in [-0.25, -0.2) is 0 Å². The van der Waals surface area contributed by atoms with E-state index in [-0.39, 0.29) is 12.8 Å². The Balaban J connectivity index is 1.91. The van der Waals surface area contributed by atoms with Crippen molar-refractivity contribution in [2.24, 2.45) is 5.18 Å². The Hall–Kier alpha value is -2.17. The fraction of sp³-hybridized carbons (Fsp3) is 0.400. The van der Waals surface area contributed by atoms with Gasteiger partial charge in [-0.1, -0.05) is 17.3 Å². The van der Waals surface area contributed by atoms with E-state index in [9.17, 15) is 9.70 Å². The summed E-state index contributed by atoms with van der Waals surface area (Å²) in [4.78, 5) is 21.5. The van der Waals surface area contributed by atoms with E-state index >= 15 is 0 Å². The highest BCUT2D eigenvalue weighted by Crippen LogP contribution is 2.35. The number of hydrogen-bond acceptors (Lipinski definition) is 4. The average Bonchev–Trinajstić information content (AvgIpc) is 2.99. The molecule has 0 spiro atoms. The molecule has 5 nitrogen and oxygen atoms in total. The highest BCUT2D eigenvalue weighted by Gasteiger charge is 2.21. The molecule has 0 aliphatic heterocycles. The summed E-state index contributed by atoms with van der Waals surface area (Å²) < 4.78 is 5.81. The van der Waals surface area contributed by atoms with Gasteiger partial charge in [-0.3, -0.25) is 4.79 Å². The lowest BCUT2D eigenvalue weighted by atomic mass is 10.0. The number of carboxylic acids is 1. The number of aliphatic carboxylic acids is 1. The zero-order chi connectivity index (χ0) is 14.1. The Bertz CT molecular complexity index is 674. The number of rotatable bonds is 5. The molecule has 0 amide bonds. The maximum absolute atomic E-state index is 10.9. The highest BCUT2D eigenvalue weighted by molar-refractivity contribution is 5.83. The molecule has 1 unspecified atom stereocenters. The Morgan fingerprint density at radius 3 is 3.00 bits per heavy atom. The van der Waals surface area contributed by atoms with Crippen LogP contribution in [0.2, 0.25) is 0 Å². The highest BCUT2D eigenvalue weighted by atomic mass is 16.4. The second kappa shape index (κ2) is 5.07. The summed E-state index contributed by atoms with van der Waals surface area (Å²) in [6.45, 7) is 0. The first-order valence-corrected chi connectivity index (χ1v) is 6.77. The van der Waals surface area contributed by atoms with Gasteiger partial charge in [0.1, 0.15) is 17.4 Å². The number of hydrogen-bond donors (Lipinski definition) is 1. The maximum atomic E-state index is 10.9. The summed E-state index contributed by atoms with van der Waals surface area (Å²) in [5.74, 6) is 0.120. The summed E-state index contributed by atoms with van der Waals surface area (Å²) in [6, 6.07) is 5.00. The van der Waals surface area contributed by atoms with Crippen LogP contribution in [0.3, 0.4) is 0 Å². The van der Waals surface area contributed by atoms with E-state index < -0.39 is 12.0 Å². The van der Waals surface area contributed by atoms with Gasteiger partial charge in [-0.15, -0.1) is 0 Å². The molecule has 1 aromatic carbocycles. The second-order valence-corrected chi connectivity index (χ2v) is 5.17. The predicted octanol–water partition coefficient (Wildman–Crippen LogP) is 3.59. The van der Waals surface area contributed by atoms with E-state index in [1.807, 2.05) is 18.2 Å². The quantitative estimate of drug-likeness (QED) is 0.844. The molecule has 0 saturated carbocycles. The number of nitrogens with zero attached hydrogens (tertiary/aromatic N) is 1. The predicted molar refractivity (Wildman–Crippen MR) is 73.6 cm³/mol.